The predicted octanol–water partition coefficient (Wildman–Crippen LogP) is 1.69. The van der Waals surface area contributed by atoms with Gasteiger partial charge in [-0.2, -0.15) is 5.10 Å². The van der Waals surface area contributed by atoms with Crippen molar-refractivity contribution in [3.8, 4) is 0 Å². The van der Waals surface area contributed by atoms with E-state index >= 15 is 0 Å². The van der Waals surface area contributed by atoms with Crippen LogP contribution in [-0.4, -0.2) is 20.7 Å². The Bertz CT molecular complexity index is 543. The first kappa shape index (κ1) is 13.2. The minimum Gasteiger partial charge on any atom is -0.397 e. The summed E-state index contributed by atoms with van der Waals surface area (Å²) in [6, 6.07) is 1.60. The molecule has 2 aromatic rings. The van der Waals surface area contributed by atoms with Gasteiger partial charge in [-0.15, -0.1) is 0 Å². The second-order valence-electron chi connectivity index (χ2n) is 4.58. The predicted molar refractivity (Wildman–Crippen MR) is 73.6 cm³/mol. The fourth-order valence-corrected chi connectivity index (χ4v) is 2.00. The molecule has 102 valence electrons. The first-order valence-corrected chi connectivity index (χ1v) is 6.37. The molecule has 0 aromatic carbocycles. The third-order valence-corrected chi connectivity index (χ3v) is 2.98. The molecule has 0 radical (unpaired) electrons. The number of rotatable bonds is 5. The Morgan fingerprint density at radius 1 is 1.63 bits per heavy atom. The van der Waals surface area contributed by atoms with E-state index in [0.717, 1.165) is 18.5 Å². The van der Waals surface area contributed by atoms with Crippen molar-refractivity contribution in [1.29, 1.82) is 0 Å². The quantitative estimate of drug-likeness (QED) is 0.765. The van der Waals surface area contributed by atoms with Crippen LogP contribution in [0.3, 0.4) is 0 Å². The lowest BCUT2D eigenvalue weighted by Crippen LogP contribution is -2.28. The molecular formula is C13H19N5O. The van der Waals surface area contributed by atoms with E-state index in [2.05, 4.69) is 22.4 Å². The molecule has 2 rings (SSSR count). The molecule has 2 heterocycles. The van der Waals surface area contributed by atoms with Crippen molar-refractivity contribution < 1.29 is 4.79 Å². The number of H-pyrrole nitrogens is 1. The highest BCUT2D eigenvalue weighted by Crippen LogP contribution is 2.14. The molecule has 0 bridgehead atoms. The summed E-state index contributed by atoms with van der Waals surface area (Å²) in [5, 5.41) is 9.54. The average Bonchev–Trinajstić information content (AvgIpc) is 2.99. The zero-order chi connectivity index (χ0) is 13.8. The Labute approximate surface area is 112 Å². The highest BCUT2D eigenvalue weighted by atomic mass is 16.2. The molecule has 4 N–H and O–H groups in total. The number of carbonyl (C=O) groups excluding carboxylic acids is 1. The summed E-state index contributed by atoms with van der Waals surface area (Å²) in [7, 11) is 0. The average molecular weight is 261 g/mol. The number of nitrogens with two attached hydrogens (primary N) is 1. The van der Waals surface area contributed by atoms with Crippen LogP contribution in [0.1, 0.15) is 42.4 Å². The SMILES string of the molecule is CCCn1cc(N)cc1C(=O)NC(C)c1cn[nH]c1. The molecule has 0 saturated carbocycles. The van der Waals surface area contributed by atoms with Crippen LogP contribution in [0.25, 0.3) is 0 Å². The summed E-state index contributed by atoms with van der Waals surface area (Å²) < 4.78 is 1.88. The number of hydrogen-bond donors (Lipinski definition) is 3. The fourth-order valence-electron chi connectivity index (χ4n) is 2.00. The van der Waals surface area contributed by atoms with Crippen molar-refractivity contribution in [2.75, 3.05) is 5.73 Å². The van der Waals surface area contributed by atoms with Gasteiger partial charge >= 0.3 is 0 Å². The minimum atomic E-state index is -0.126. The largest absolute Gasteiger partial charge is 0.397 e. The first-order chi connectivity index (χ1) is 9.11. The number of anilines is 1. The number of amides is 1. The lowest BCUT2D eigenvalue weighted by molar-refractivity contribution is 0.0930. The number of nitrogen functional groups attached to an aromatic ring is 1. The molecule has 6 heteroatoms. The van der Waals surface area contributed by atoms with Crippen LogP contribution in [0.4, 0.5) is 5.69 Å². The van der Waals surface area contributed by atoms with Gasteiger partial charge in [0.15, 0.2) is 0 Å². The van der Waals surface area contributed by atoms with Gasteiger partial charge < -0.3 is 15.6 Å². The van der Waals surface area contributed by atoms with E-state index in [1.807, 2.05) is 11.5 Å². The summed E-state index contributed by atoms with van der Waals surface area (Å²) >= 11 is 0. The zero-order valence-electron chi connectivity index (χ0n) is 11.2. The molecule has 1 amide bonds. The van der Waals surface area contributed by atoms with Gasteiger partial charge in [0.25, 0.3) is 5.91 Å². The van der Waals surface area contributed by atoms with E-state index < -0.39 is 0 Å². The number of carbonyl (C=O) groups is 1. The Balaban J connectivity index is 2.11. The fraction of sp³-hybridized carbons (Fsp3) is 0.385. The van der Waals surface area contributed by atoms with Gasteiger partial charge in [-0.25, -0.2) is 0 Å². The number of nitrogens with zero attached hydrogens (tertiary/aromatic N) is 2. The summed E-state index contributed by atoms with van der Waals surface area (Å²) in [6.07, 6.45) is 6.21. The van der Waals surface area contributed by atoms with E-state index in [9.17, 15) is 4.79 Å². The van der Waals surface area contributed by atoms with Crippen LogP contribution in [0.2, 0.25) is 0 Å². The maximum Gasteiger partial charge on any atom is 0.268 e. The van der Waals surface area contributed by atoms with Crippen molar-refractivity contribution in [3.05, 3.63) is 35.9 Å². The monoisotopic (exact) mass is 261 g/mol. The number of hydrogen-bond acceptors (Lipinski definition) is 3. The highest BCUT2D eigenvalue weighted by molar-refractivity contribution is 5.94. The number of aryl methyl sites for hydroxylation is 1. The molecule has 19 heavy (non-hydrogen) atoms. The number of aromatic amines is 1. The Hall–Kier alpha value is -2.24. The number of nitrogens with one attached hydrogen (secondary N) is 2. The summed E-state index contributed by atoms with van der Waals surface area (Å²) in [4.78, 5) is 12.2. The second-order valence-corrected chi connectivity index (χ2v) is 4.58. The number of aromatic nitrogens is 3. The van der Waals surface area contributed by atoms with E-state index in [4.69, 9.17) is 5.73 Å². The van der Waals surface area contributed by atoms with Crippen molar-refractivity contribution in [1.82, 2.24) is 20.1 Å². The molecular weight excluding hydrogens is 242 g/mol. The molecule has 2 aromatic heterocycles. The summed E-state index contributed by atoms with van der Waals surface area (Å²) in [6.45, 7) is 4.76. The first-order valence-electron chi connectivity index (χ1n) is 6.37. The Kier molecular flexibility index (Phi) is 3.89. The van der Waals surface area contributed by atoms with E-state index in [0.29, 0.717) is 11.4 Å². The maximum atomic E-state index is 12.2. The van der Waals surface area contributed by atoms with Crippen LogP contribution < -0.4 is 11.1 Å². The Morgan fingerprint density at radius 3 is 3.05 bits per heavy atom. The zero-order valence-corrected chi connectivity index (χ0v) is 11.2. The van der Waals surface area contributed by atoms with Crippen molar-refractivity contribution in [3.63, 3.8) is 0 Å². The van der Waals surface area contributed by atoms with Crippen molar-refractivity contribution in [2.24, 2.45) is 0 Å². The van der Waals surface area contributed by atoms with Gasteiger partial charge in [0.2, 0.25) is 0 Å². The van der Waals surface area contributed by atoms with E-state index in [1.165, 1.54) is 0 Å². The van der Waals surface area contributed by atoms with Gasteiger partial charge in [-0.3, -0.25) is 9.89 Å². The smallest absolute Gasteiger partial charge is 0.268 e. The summed E-state index contributed by atoms with van der Waals surface area (Å²) in [5.74, 6) is -0.126. The second kappa shape index (κ2) is 5.60. The maximum absolute atomic E-state index is 12.2. The lowest BCUT2D eigenvalue weighted by Gasteiger charge is -2.13. The van der Waals surface area contributed by atoms with Crippen LogP contribution in [0.5, 0.6) is 0 Å². The molecule has 6 nitrogen and oxygen atoms in total. The molecule has 0 aliphatic heterocycles. The Morgan fingerprint density at radius 2 is 2.42 bits per heavy atom. The molecule has 1 atom stereocenters. The lowest BCUT2D eigenvalue weighted by atomic mass is 10.2. The van der Waals surface area contributed by atoms with Gasteiger partial charge in [0, 0.05) is 24.5 Å². The van der Waals surface area contributed by atoms with Crippen molar-refractivity contribution >= 4 is 11.6 Å². The molecule has 0 aliphatic rings. The van der Waals surface area contributed by atoms with Crippen LogP contribution >= 0.6 is 0 Å². The van der Waals surface area contributed by atoms with E-state index in [1.54, 1.807) is 24.7 Å². The highest BCUT2D eigenvalue weighted by Gasteiger charge is 2.16. The third-order valence-electron chi connectivity index (χ3n) is 2.98. The van der Waals surface area contributed by atoms with Crippen LogP contribution in [-0.2, 0) is 6.54 Å². The standard InChI is InChI=1S/C13H19N5O/c1-3-4-18-8-11(14)5-12(18)13(19)17-9(2)10-6-15-16-7-10/h5-9H,3-4,14H2,1-2H3,(H,15,16)(H,17,19). The third kappa shape index (κ3) is 2.96. The topological polar surface area (TPSA) is 88.7 Å². The molecule has 0 saturated heterocycles. The molecule has 1 unspecified atom stereocenters. The van der Waals surface area contributed by atoms with E-state index in [-0.39, 0.29) is 11.9 Å². The molecule has 0 spiro atoms. The van der Waals surface area contributed by atoms with Gasteiger partial charge in [-0.1, -0.05) is 6.92 Å². The van der Waals surface area contributed by atoms with Gasteiger partial charge in [0.1, 0.15) is 5.69 Å². The molecule has 0 aliphatic carbocycles. The van der Waals surface area contributed by atoms with Crippen LogP contribution in [0.15, 0.2) is 24.7 Å². The van der Waals surface area contributed by atoms with Crippen molar-refractivity contribution in [2.45, 2.75) is 32.9 Å². The normalized spacial score (nSPS) is 12.3. The van der Waals surface area contributed by atoms with Gasteiger partial charge in [0.05, 0.1) is 17.9 Å². The summed E-state index contributed by atoms with van der Waals surface area (Å²) in [5.41, 5.74) is 7.90. The van der Waals surface area contributed by atoms with Crippen LogP contribution in [0, 0.1) is 0 Å². The minimum absolute atomic E-state index is 0.0996. The molecule has 0 fully saturated rings. The van der Waals surface area contributed by atoms with Gasteiger partial charge in [-0.05, 0) is 19.4 Å².